The van der Waals surface area contributed by atoms with Gasteiger partial charge in [0.1, 0.15) is 0 Å². The zero-order chi connectivity index (χ0) is 15.4. The van der Waals surface area contributed by atoms with Crippen LogP contribution in [0.3, 0.4) is 0 Å². The van der Waals surface area contributed by atoms with E-state index in [1.165, 1.54) is 12.1 Å². The summed E-state index contributed by atoms with van der Waals surface area (Å²) >= 11 is 0. The van der Waals surface area contributed by atoms with Crippen LogP contribution in [-0.4, -0.2) is 40.0 Å². The first-order chi connectivity index (χ1) is 10.1. The van der Waals surface area contributed by atoms with Crippen molar-refractivity contribution in [3.63, 3.8) is 0 Å². The lowest BCUT2D eigenvalue weighted by Gasteiger charge is -2.29. The third-order valence-corrected chi connectivity index (χ3v) is 4.08. The number of hydrogen-bond acceptors (Lipinski definition) is 4. The molecule has 1 aliphatic heterocycles. The smallest absolute Gasteiger partial charge is 0.273 e. The standard InChI is InChI=1S/C15H20N2O4/c1-11-13(7-5-8-14(11)17(20)21)15(19)16-9-4-2-3-6-12(16)10-18/h5,7-8,12,18H,2-4,6,9-10H2,1H3. The summed E-state index contributed by atoms with van der Waals surface area (Å²) in [5.41, 5.74) is 0.689. The highest BCUT2D eigenvalue weighted by atomic mass is 16.6. The van der Waals surface area contributed by atoms with E-state index in [2.05, 4.69) is 0 Å². The van der Waals surface area contributed by atoms with Crippen LogP contribution in [0.4, 0.5) is 5.69 Å². The van der Waals surface area contributed by atoms with E-state index in [-0.39, 0.29) is 24.2 Å². The second kappa shape index (κ2) is 6.67. The Morgan fingerprint density at radius 1 is 1.43 bits per heavy atom. The Morgan fingerprint density at radius 2 is 2.19 bits per heavy atom. The monoisotopic (exact) mass is 292 g/mol. The van der Waals surface area contributed by atoms with E-state index in [1.807, 2.05) is 0 Å². The number of benzene rings is 1. The van der Waals surface area contributed by atoms with Gasteiger partial charge in [0.25, 0.3) is 11.6 Å². The number of amides is 1. The summed E-state index contributed by atoms with van der Waals surface area (Å²) in [5.74, 6) is -0.225. The normalized spacial score (nSPS) is 19.1. The van der Waals surface area contributed by atoms with E-state index >= 15 is 0 Å². The van der Waals surface area contributed by atoms with Gasteiger partial charge in [-0.2, -0.15) is 0 Å². The molecule has 1 heterocycles. The molecule has 0 aromatic heterocycles. The highest BCUT2D eigenvalue weighted by Crippen LogP contribution is 2.25. The van der Waals surface area contributed by atoms with Crippen LogP contribution in [0, 0.1) is 17.0 Å². The van der Waals surface area contributed by atoms with Crippen molar-refractivity contribution in [3.8, 4) is 0 Å². The van der Waals surface area contributed by atoms with Crippen LogP contribution in [0.25, 0.3) is 0 Å². The van der Waals surface area contributed by atoms with Gasteiger partial charge >= 0.3 is 0 Å². The van der Waals surface area contributed by atoms with E-state index < -0.39 is 4.92 Å². The summed E-state index contributed by atoms with van der Waals surface area (Å²) in [6.45, 7) is 2.11. The van der Waals surface area contributed by atoms with Crippen molar-refractivity contribution in [3.05, 3.63) is 39.4 Å². The zero-order valence-corrected chi connectivity index (χ0v) is 12.1. The first kappa shape index (κ1) is 15.4. The molecule has 0 spiro atoms. The molecule has 6 nitrogen and oxygen atoms in total. The minimum Gasteiger partial charge on any atom is -0.394 e. The lowest BCUT2D eigenvalue weighted by Crippen LogP contribution is -2.42. The molecule has 114 valence electrons. The number of carbonyl (C=O) groups excluding carboxylic acids is 1. The molecule has 1 N–H and O–H groups in total. The minimum atomic E-state index is -0.474. The van der Waals surface area contributed by atoms with Crippen LogP contribution in [0.5, 0.6) is 0 Å². The fraction of sp³-hybridized carbons (Fsp3) is 0.533. The maximum Gasteiger partial charge on any atom is 0.273 e. The molecule has 21 heavy (non-hydrogen) atoms. The van der Waals surface area contributed by atoms with Crippen LogP contribution >= 0.6 is 0 Å². The van der Waals surface area contributed by atoms with Crippen LogP contribution in [0.15, 0.2) is 18.2 Å². The molecule has 1 amide bonds. The van der Waals surface area contributed by atoms with Gasteiger partial charge in [-0.3, -0.25) is 14.9 Å². The summed E-state index contributed by atoms with van der Waals surface area (Å²) in [6, 6.07) is 4.35. The molecule has 1 aliphatic rings. The molecule has 0 radical (unpaired) electrons. The van der Waals surface area contributed by atoms with Crippen molar-refractivity contribution in [2.45, 2.75) is 38.6 Å². The van der Waals surface area contributed by atoms with Crippen LogP contribution in [-0.2, 0) is 0 Å². The summed E-state index contributed by atoms with van der Waals surface area (Å²) < 4.78 is 0. The molecule has 0 bridgehead atoms. The van der Waals surface area contributed by atoms with Crippen molar-refractivity contribution >= 4 is 11.6 Å². The average molecular weight is 292 g/mol. The quantitative estimate of drug-likeness (QED) is 0.684. The largest absolute Gasteiger partial charge is 0.394 e. The molecule has 1 aromatic rings. The molecular formula is C15H20N2O4. The Bertz CT molecular complexity index is 544. The predicted molar refractivity (Wildman–Crippen MR) is 78.2 cm³/mol. The predicted octanol–water partition coefficient (Wildman–Crippen LogP) is 2.28. The molecule has 1 aromatic carbocycles. The van der Waals surface area contributed by atoms with E-state index in [0.717, 1.165) is 25.7 Å². The van der Waals surface area contributed by atoms with Gasteiger partial charge in [0.2, 0.25) is 0 Å². The fourth-order valence-corrected chi connectivity index (χ4v) is 2.84. The number of rotatable bonds is 3. The average Bonchev–Trinajstić information content (AvgIpc) is 2.71. The maximum absolute atomic E-state index is 12.7. The topological polar surface area (TPSA) is 83.7 Å². The van der Waals surface area contributed by atoms with Gasteiger partial charge in [0.05, 0.1) is 17.6 Å². The van der Waals surface area contributed by atoms with Gasteiger partial charge in [-0.05, 0) is 25.8 Å². The Morgan fingerprint density at radius 3 is 2.86 bits per heavy atom. The molecule has 0 saturated carbocycles. The lowest BCUT2D eigenvalue weighted by molar-refractivity contribution is -0.385. The number of likely N-dealkylation sites (tertiary alicyclic amines) is 1. The SMILES string of the molecule is Cc1c(C(=O)N2CCCCCC2CO)cccc1[N+](=O)[O-]. The van der Waals surface area contributed by atoms with E-state index in [1.54, 1.807) is 17.9 Å². The Balaban J connectivity index is 2.34. The molecule has 1 unspecified atom stereocenters. The van der Waals surface area contributed by atoms with E-state index in [4.69, 9.17) is 0 Å². The third kappa shape index (κ3) is 3.21. The van der Waals surface area contributed by atoms with Gasteiger partial charge in [0.15, 0.2) is 0 Å². The minimum absolute atomic E-state index is 0.0452. The second-order valence-corrected chi connectivity index (χ2v) is 5.39. The molecule has 1 atom stereocenters. The van der Waals surface area contributed by atoms with Crippen molar-refractivity contribution in [1.82, 2.24) is 4.90 Å². The number of hydrogen-bond donors (Lipinski definition) is 1. The number of aliphatic hydroxyl groups is 1. The molecule has 1 fully saturated rings. The first-order valence-corrected chi connectivity index (χ1v) is 7.22. The number of aliphatic hydroxyl groups excluding tert-OH is 1. The van der Waals surface area contributed by atoms with Crippen molar-refractivity contribution < 1.29 is 14.8 Å². The summed E-state index contributed by atoms with van der Waals surface area (Å²) in [4.78, 5) is 24.9. The highest BCUT2D eigenvalue weighted by Gasteiger charge is 2.28. The number of nitrogens with zero attached hydrogens (tertiary/aromatic N) is 2. The second-order valence-electron chi connectivity index (χ2n) is 5.39. The summed E-state index contributed by atoms with van der Waals surface area (Å²) in [6.07, 6.45) is 3.70. The maximum atomic E-state index is 12.7. The molecule has 0 aliphatic carbocycles. The van der Waals surface area contributed by atoms with Gasteiger partial charge in [-0.25, -0.2) is 0 Å². The Hall–Kier alpha value is -1.95. The molecular weight excluding hydrogens is 272 g/mol. The molecule has 2 rings (SSSR count). The third-order valence-electron chi connectivity index (χ3n) is 4.08. The van der Waals surface area contributed by atoms with Crippen LogP contribution in [0.1, 0.15) is 41.6 Å². The van der Waals surface area contributed by atoms with Crippen LogP contribution < -0.4 is 0 Å². The van der Waals surface area contributed by atoms with E-state index in [9.17, 15) is 20.0 Å². The van der Waals surface area contributed by atoms with Gasteiger partial charge in [-0.15, -0.1) is 0 Å². The number of nitro groups is 1. The Kier molecular flexibility index (Phi) is 4.90. The number of carbonyl (C=O) groups is 1. The van der Waals surface area contributed by atoms with Gasteiger partial charge in [0, 0.05) is 23.7 Å². The lowest BCUT2D eigenvalue weighted by atomic mass is 10.0. The molecule has 1 saturated heterocycles. The summed E-state index contributed by atoms with van der Waals surface area (Å²) in [5, 5.41) is 20.5. The van der Waals surface area contributed by atoms with Gasteiger partial charge in [-0.1, -0.05) is 18.9 Å². The zero-order valence-electron chi connectivity index (χ0n) is 12.1. The Labute approximate surface area is 123 Å². The number of nitro benzene ring substituents is 1. The van der Waals surface area contributed by atoms with Crippen molar-refractivity contribution in [2.75, 3.05) is 13.2 Å². The van der Waals surface area contributed by atoms with Crippen LogP contribution in [0.2, 0.25) is 0 Å². The highest BCUT2D eigenvalue weighted by molar-refractivity contribution is 5.96. The fourth-order valence-electron chi connectivity index (χ4n) is 2.84. The van der Waals surface area contributed by atoms with Gasteiger partial charge < -0.3 is 10.0 Å². The van der Waals surface area contributed by atoms with Crippen molar-refractivity contribution in [2.24, 2.45) is 0 Å². The summed E-state index contributed by atoms with van der Waals surface area (Å²) in [7, 11) is 0. The molecule has 6 heteroatoms. The van der Waals surface area contributed by atoms with E-state index in [0.29, 0.717) is 17.7 Å². The van der Waals surface area contributed by atoms with Crippen molar-refractivity contribution in [1.29, 1.82) is 0 Å². The first-order valence-electron chi connectivity index (χ1n) is 7.22.